The van der Waals surface area contributed by atoms with Gasteiger partial charge in [0.05, 0.1) is 12.1 Å². The Morgan fingerprint density at radius 2 is 1.84 bits per heavy atom. The van der Waals surface area contributed by atoms with E-state index in [1.54, 1.807) is 18.5 Å². The predicted octanol–water partition coefficient (Wildman–Crippen LogP) is 3.87. The summed E-state index contributed by atoms with van der Waals surface area (Å²) in [5.41, 5.74) is 2.09. The molecule has 25 heavy (non-hydrogen) atoms. The quantitative estimate of drug-likeness (QED) is 0.479. The SMILES string of the molecule is c1ccc(Cc2nnc(SCc3csc(-c4ncccn4)n3)o2)cc1. The Hall–Kier alpha value is -2.58. The maximum absolute atomic E-state index is 5.69. The van der Waals surface area contributed by atoms with Gasteiger partial charge in [-0.05, 0) is 11.6 Å². The molecule has 0 saturated heterocycles. The maximum Gasteiger partial charge on any atom is 0.276 e. The van der Waals surface area contributed by atoms with Gasteiger partial charge < -0.3 is 4.42 Å². The molecule has 124 valence electrons. The summed E-state index contributed by atoms with van der Waals surface area (Å²) in [6.45, 7) is 0. The lowest BCUT2D eigenvalue weighted by Crippen LogP contribution is -1.87. The second-order valence-corrected chi connectivity index (χ2v) is 6.91. The number of benzene rings is 1. The van der Waals surface area contributed by atoms with E-state index in [0.717, 1.165) is 16.3 Å². The lowest BCUT2D eigenvalue weighted by atomic mass is 10.2. The van der Waals surface area contributed by atoms with Crippen molar-refractivity contribution < 1.29 is 4.42 Å². The van der Waals surface area contributed by atoms with E-state index >= 15 is 0 Å². The molecule has 3 aromatic heterocycles. The molecule has 0 fully saturated rings. The van der Waals surface area contributed by atoms with Gasteiger partial charge in [-0.3, -0.25) is 0 Å². The van der Waals surface area contributed by atoms with Crippen molar-refractivity contribution >= 4 is 23.1 Å². The van der Waals surface area contributed by atoms with E-state index in [2.05, 4.69) is 25.1 Å². The fourth-order valence-corrected chi connectivity index (χ4v) is 3.70. The van der Waals surface area contributed by atoms with Gasteiger partial charge in [-0.2, -0.15) is 0 Å². The molecular formula is C17H13N5OS2. The van der Waals surface area contributed by atoms with Crippen molar-refractivity contribution in [3.05, 3.63) is 71.3 Å². The first-order valence-corrected chi connectivity index (χ1v) is 9.44. The van der Waals surface area contributed by atoms with Crippen LogP contribution in [0.5, 0.6) is 0 Å². The van der Waals surface area contributed by atoms with Crippen LogP contribution in [-0.2, 0) is 12.2 Å². The highest BCUT2D eigenvalue weighted by Crippen LogP contribution is 2.26. The first-order chi connectivity index (χ1) is 12.4. The normalized spacial score (nSPS) is 10.9. The summed E-state index contributed by atoms with van der Waals surface area (Å²) < 4.78 is 5.69. The molecule has 4 aromatic rings. The van der Waals surface area contributed by atoms with Crippen LogP contribution < -0.4 is 0 Å². The molecule has 0 aliphatic heterocycles. The molecule has 0 atom stereocenters. The Morgan fingerprint density at radius 3 is 2.68 bits per heavy atom. The third-order valence-corrected chi connectivity index (χ3v) is 5.04. The lowest BCUT2D eigenvalue weighted by Gasteiger charge is -1.95. The number of hydrogen-bond acceptors (Lipinski definition) is 8. The van der Waals surface area contributed by atoms with E-state index in [-0.39, 0.29) is 0 Å². The monoisotopic (exact) mass is 367 g/mol. The van der Waals surface area contributed by atoms with Gasteiger partial charge in [-0.15, -0.1) is 21.5 Å². The summed E-state index contributed by atoms with van der Waals surface area (Å²) in [4.78, 5) is 13.0. The van der Waals surface area contributed by atoms with Crippen molar-refractivity contribution in [1.29, 1.82) is 0 Å². The minimum absolute atomic E-state index is 0.552. The third kappa shape index (κ3) is 4.09. The maximum atomic E-state index is 5.69. The number of rotatable bonds is 6. The van der Waals surface area contributed by atoms with Crippen LogP contribution in [0.3, 0.4) is 0 Å². The molecule has 0 aliphatic carbocycles. The molecule has 0 unspecified atom stereocenters. The van der Waals surface area contributed by atoms with Crippen LogP contribution in [0.4, 0.5) is 0 Å². The second-order valence-electron chi connectivity index (χ2n) is 5.13. The predicted molar refractivity (Wildman–Crippen MR) is 96.2 cm³/mol. The molecular weight excluding hydrogens is 354 g/mol. The Morgan fingerprint density at radius 1 is 1.00 bits per heavy atom. The molecule has 1 aromatic carbocycles. The number of aromatic nitrogens is 5. The molecule has 3 heterocycles. The summed E-state index contributed by atoms with van der Waals surface area (Å²) in [6.07, 6.45) is 4.07. The number of nitrogens with zero attached hydrogens (tertiary/aromatic N) is 5. The van der Waals surface area contributed by atoms with Crippen molar-refractivity contribution in [1.82, 2.24) is 25.1 Å². The number of hydrogen-bond donors (Lipinski definition) is 0. The van der Waals surface area contributed by atoms with Gasteiger partial charge in [0.25, 0.3) is 5.22 Å². The molecule has 0 N–H and O–H groups in total. The van der Waals surface area contributed by atoms with Gasteiger partial charge in [0.1, 0.15) is 0 Å². The molecule has 4 rings (SSSR count). The molecule has 0 aliphatic rings. The number of thioether (sulfide) groups is 1. The zero-order valence-corrected chi connectivity index (χ0v) is 14.7. The number of thiazole rings is 1. The van der Waals surface area contributed by atoms with Crippen molar-refractivity contribution in [3.8, 4) is 10.8 Å². The average molecular weight is 367 g/mol. The van der Waals surface area contributed by atoms with Crippen LogP contribution >= 0.6 is 23.1 Å². The Bertz CT molecular complexity index is 940. The minimum atomic E-state index is 0.552. The van der Waals surface area contributed by atoms with Crippen LogP contribution in [0.15, 0.2) is 63.8 Å². The Labute approximate surface area is 152 Å². The third-order valence-electron chi connectivity index (χ3n) is 3.30. The summed E-state index contributed by atoms with van der Waals surface area (Å²) >= 11 is 3.01. The molecule has 0 saturated carbocycles. The molecule has 0 amide bonds. The highest BCUT2D eigenvalue weighted by atomic mass is 32.2. The van der Waals surface area contributed by atoms with Gasteiger partial charge in [-0.25, -0.2) is 15.0 Å². The summed E-state index contributed by atoms with van der Waals surface area (Å²) in [5.74, 6) is 1.92. The van der Waals surface area contributed by atoms with Gasteiger partial charge in [0.2, 0.25) is 5.89 Å². The van der Waals surface area contributed by atoms with Crippen molar-refractivity contribution in [2.45, 2.75) is 17.4 Å². The van der Waals surface area contributed by atoms with Crippen LogP contribution in [0.25, 0.3) is 10.8 Å². The standard InChI is InChI=1S/C17H13N5OS2/c1-2-5-12(6-3-1)9-14-21-22-17(23-14)25-11-13-10-24-16(20-13)15-18-7-4-8-19-15/h1-8,10H,9,11H2. The van der Waals surface area contributed by atoms with E-state index in [0.29, 0.717) is 29.1 Å². The van der Waals surface area contributed by atoms with E-state index in [1.807, 2.05) is 35.7 Å². The zero-order valence-electron chi connectivity index (χ0n) is 13.1. The highest BCUT2D eigenvalue weighted by molar-refractivity contribution is 7.98. The largest absolute Gasteiger partial charge is 0.416 e. The van der Waals surface area contributed by atoms with Crippen molar-refractivity contribution in [2.75, 3.05) is 0 Å². The molecule has 0 radical (unpaired) electrons. The van der Waals surface area contributed by atoms with Gasteiger partial charge >= 0.3 is 0 Å². The van der Waals surface area contributed by atoms with Gasteiger partial charge in [0.15, 0.2) is 10.8 Å². The van der Waals surface area contributed by atoms with Gasteiger partial charge in [0, 0.05) is 23.5 Å². The molecule has 6 nitrogen and oxygen atoms in total. The van der Waals surface area contributed by atoms with Crippen LogP contribution in [0.1, 0.15) is 17.1 Å². The Kier molecular flexibility index (Phi) is 4.80. The van der Waals surface area contributed by atoms with Crippen molar-refractivity contribution in [3.63, 3.8) is 0 Å². The van der Waals surface area contributed by atoms with Crippen LogP contribution in [-0.4, -0.2) is 25.1 Å². The van der Waals surface area contributed by atoms with Crippen LogP contribution in [0.2, 0.25) is 0 Å². The molecule has 0 spiro atoms. The summed E-state index contributed by atoms with van der Waals surface area (Å²) in [7, 11) is 0. The fourth-order valence-electron chi connectivity index (χ4n) is 2.16. The smallest absolute Gasteiger partial charge is 0.276 e. The minimum Gasteiger partial charge on any atom is -0.416 e. The topological polar surface area (TPSA) is 77.6 Å². The van der Waals surface area contributed by atoms with E-state index in [1.165, 1.54) is 23.1 Å². The first-order valence-electron chi connectivity index (χ1n) is 7.58. The summed E-state index contributed by atoms with van der Waals surface area (Å²) in [5, 5.41) is 11.6. The summed E-state index contributed by atoms with van der Waals surface area (Å²) in [6, 6.07) is 11.9. The first kappa shape index (κ1) is 15.9. The zero-order chi connectivity index (χ0) is 16.9. The van der Waals surface area contributed by atoms with E-state index < -0.39 is 0 Å². The second kappa shape index (κ2) is 7.54. The van der Waals surface area contributed by atoms with E-state index in [4.69, 9.17) is 4.42 Å². The lowest BCUT2D eigenvalue weighted by molar-refractivity contribution is 0.420. The molecule has 8 heteroatoms. The fraction of sp³-hybridized carbons (Fsp3) is 0.118. The van der Waals surface area contributed by atoms with E-state index in [9.17, 15) is 0 Å². The van der Waals surface area contributed by atoms with Crippen molar-refractivity contribution in [2.24, 2.45) is 0 Å². The van der Waals surface area contributed by atoms with Gasteiger partial charge in [-0.1, -0.05) is 42.1 Å². The Balaban J connectivity index is 1.37. The van der Waals surface area contributed by atoms with Crippen LogP contribution in [0, 0.1) is 0 Å². The highest BCUT2D eigenvalue weighted by Gasteiger charge is 2.11. The molecule has 0 bridgehead atoms. The average Bonchev–Trinajstić information content (AvgIpc) is 3.31.